The first-order chi connectivity index (χ1) is 10.1. The minimum absolute atomic E-state index is 0.145. The number of para-hydroxylation sites is 1. The van der Waals surface area contributed by atoms with Gasteiger partial charge in [-0.15, -0.1) is 0 Å². The van der Waals surface area contributed by atoms with Crippen molar-refractivity contribution >= 4 is 27.6 Å². The van der Waals surface area contributed by atoms with Crippen LogP contribution in [-0.2, 0) is 0 Å². The molecule has 0 aliphatic carbocycles. The maximum Gasteiger partial charge on any atom is 0.212 e. The average molecular weight is 350 g/mol. The van der Waals surface area contributed by atoms with Crippen LogP contribution in [0.25, 0.3) is 5.69 Å². The Kier molecular flexibility index (Phi) is 3.70. The largest absolute Gasteiger partial charge is 0.323 e. The van der Waals surface area contributed by atoms with E-state index >= 15 is 0 Å². The van der Waals surface area contributed by atoms with Gasteiger partial charge in [0.15, 0.2) is 0 Å². The van der Waals surface area contributed by atoms with Crippen LogP contribution in [0, 0.1) is 11.6 Å². The van der Waals surface area contributed by atoms with Crippen molar-refractivity contribution in [1.29, 1.82) is 0 Å². The predicted molar refractivity (Wildman–Crippen MR) is 80.9 cm³/mol. The number of hydrogen-bond donors (Lipinski definition) is 1. The van der Waals surface area contributed by atoms with Crippen LogP contribution in [-0.4, -0.2) is 9.55 Å². The number of imidazole rings is 1. The fourth-order valence-corrected chi connectivity index (χ4v) is 2.28. The molecule has 0 fully saturated rings. The molecule has 0 radical (unpaired) electrons. The van der Waals surface area contributed by atoms with Crippen LogP contribution in [0.3, 0.4) is 0 Å². The zero-order valence-electron chi connectivity index (χ0n) is 10.7. The number of halogens is 3. The summed E-state index contributed by atoms with van der Waals surface area (Å²) < 4.78 is 29.0. The molecule has 0 saturated heterocycles. The Labute approximate surface area is 128 Å². The highest BCUT2D eigenvalue weighted by atomic mass is 79.9. The average Bonchev–Trinajstić information content (AvgIpc) is 2.94. The number of nitrogens with one attached hydrogen (secondary N) is 1. The summed E-state index contributed by atoms with van der Waals surface area (Å²) in [5.41, 5.74) is 1.03. The zero-order chi connectivity index (χ0) is 14.8. The van der Waals surface area contributed by atoms with E-state index in [2.05, 4.69) is 26.2 Å². The Morgan fingerprint density at radius 1 is 1.05 bits per heavy atom. The third kappa shape index (κ3) is 2.80. The van der Waals surface area contributed by atoms with Crippen molar-refractivity contribution in [3.05, 3.63) is 71.0 Å². The summed E-state index contributed by atoms with van der Waals surface area (Å²) in [4.78, 5) is 4.16. The predicted octanol–water partition coefficient (Wildman–Crippen LogP) is 4.66. The molecule has 6 heteroatoms. The molecule has 2 aromatic carbocycles. The lowest BCUT2D eigenvalue weighted by Crippen LogP contribution is -2.03. The molecule has 0 amide bonds. The molecule has 0 bridgehead atoms. The van der Waals surface area contributed by atoms with Crippen LogP contribution in [0.5, 0.6) is 0 Å². The molecule has 0 saturated carbocycles. The van der Waals surface area contributed by atoms with Gasteiger partial charge < -0.3 is 5.32 Å². The van der Waals surface area contributed by atoms with E-state index in [1.807, 2.05) is 30.3 Å². The third-order valence-corrected chi connectivity index (χ3v) is 3.54. The summed E-state index contributed by atoms with van der Waals surface area (Å²) in [5, 5.41) is 2.87. The number of anilines is 2. The highest BCUT2D eigenvalue weighted by Crippen LogP contribution is 2.26. The molecule has 3 rings (SSSR count). The maximum atomic E-state index is 13.8. The van der Waals surface area contributed by atoms with Gasteiger partial charge in [0.2, 0.25) is 5.95 Å². The summed E-state index contributed by atoms with van der Waals surface area (Å²) in [6.45, 7) is 0. The van der Waals surface area contributed by atoms with E-state index in [4.69, 9.17) is 0 Å². The first-order valence-electron chi connectivity index (χ1n) is 6.15. The molecule has 21 heavy (non-hydrogen) atoms. The van der Waals surface area contributed by atoms with Gasteiger partial charge in [-0.2, -0.15) is 0 Å². The van der Waals surface area contributed by atoms with Gasteiger partial charge in [-0.3, -0.25) is 4.57 Å². The molecule has 0 aliphatic rings. The van der Waals surface area contributed by atoms with E-state index in [1.54, 1.807) is 17.0 Å². The summed E-state index contributed by atoms with van der Waals surface area (Å²) in [7, 11) is 0. The molecule has 1 aromatic heterocycles. The maximum absolute atomic E-state index is 13.8. The number of benzene rings is 2. The lowest BCUT2D eigenvalue weighted by molar-refractivity contribution is 0.581. The molecule has 0 aliphatic heterocycles. The molecular formula is C15H10BrF2N3. The van der Waals surface area contributed by atoms with Crippen LogP contribution in [0.4, 0.5) is 20.4 Å². The molecule has 0 spiro atoms. The SMILES string of the molecule is Fc1cc(F)c(Nc2nccn2-c2ccccc2)cc1Br. The smallest absolute Gasteiger partial charge is 0.212 e. The second-order valence-electron chi connectivity index (χ2n) is 4.33. The first kappa shape index (κ1) is 13.8. The van der Waals surface area contributed by atoms with Crippen LogP contribution in [0.15, 0.2) is 59.3 Å². The Morgan fingerprint density at radius 3 is 2.57 bits per heavy atom. The van der Waals surface area contributed by atoms with E-state index < -0.39 is 11.6 Å². The van der Waals surface area contributed by atoms with Gasteiger partial charge in [0.1, 0.15) is 11.6 Å². The number of aromatic nitrogens is 2. The number of nitrogens with zero attached hydrogens (tertiary/aromatic N) is 2. The first-order valence-corrected chi connectivity index (χ1v) is 6.95. The quantitative estimate of drug-likeness (QED) is 0.697. The van der Waals surface area contributed by atoms with E-state index in [0.29, 0.717) is 5.95 Å². The molecule has 106 valence electrons. The molecule has 3 aromatic rings. The van der Waals surface area contributed by atoms with Crippen molar-refractivity contribution in [1.82, 2.24) is 9.55 Å². The molecule has 1 N–H and O–H groups in total. The number of rotatable bonds is 3. The fourth-order valence-electron chi connectivity index (χ4n) is 1.93. The van der Waals surface area contributed by atoms with Crippen molar-refractivity contribution in [2.45, 2.75) is 0 Å². The van der Waals surface area contributed by atoms with Gasteiger partial charge >= 0.3 is 0 Å². The van der Waals surface area contributed by atoms with Gasteiger partial charge in [-0.1, -0.05) is 18.2 Å². The topological polar surface area (TPSA) is 29.9 Å². The zero-order valence-corrected chi connectivity index (χ0v) is 12.3. The number of hydrogen-bond acceptors (Lipinski definition) is 2. The summed E-state index contributed by atoms with van der Waals surface area (Å²) >= 11 is 3.04. The van der Waals surface area contributed by atoms with Crippen molar-refractivity contribution in [3.8, 4) is 5.69 Å². The monoisotopic (exact) mass is 349 g/mol. The Balaban J connectivity index is 1.97. The highest BCUT2D eigenvalue weighted by Gasteiger charge is 2.11. The van der Waals surface area contributed by atoms with E-state index in [0.717, 1.165) is 11.8 Å². The van der Waals surface area contributed by atoms with Gasteiger partial charge in [0.25, 0.3) is 0 Å². The van der Waals surface area contributed by atoms with E-state index in [9.17, 15) is 8.78 Å². The van der Waals surface area contributed by atoms with Crippen LogP contribution >= 0.6 is 15.9 Å². The molecule has 0 atom stereocenters. The van der Waals surface area contributed by atoms with Gasteiger partial charge in [-0.05, 0) is 34.1 Å². The van der Waals surface area contributed by atoms with Crippen LogP contribution < -0.4 is 5.32 Å². The minimum atomic E-state index is -0.682. The normalized spacial score (nSPS) is 10.6. The second-order valence-corrected chi connectivity index (χ2v) is 5.18. The Hall–Kier alpha value is -2.21. The Bertz CT molecular complexity index is 772. The van der Waals surface area contributed by atoms with Gasteiger partial charge in [0.05, 0.1) is 10.2 Å². The molecule has 3 nitrogen and oxygen atoms in total. The second kappa shape index (κ2) is 5.65. The fraction of sp³-hybridized carbons (Fsp3) is 0. The van der Waals surface area contributed by atoms with E-state index in [1.165, 1.54) is 6.07 Å². The molecule has 1 heterocycles. The standard InChI is InChI=1S/C15H10BrF2N3/c16-11-8-14(13(18)9-12(11)17)20-15-19-6-7-21(15)10-4-2-1-3-5-10/h1-9H,(H,19,20). The third-order valence-electron chi connectivity index (χ3n) is 2.93. The van der Waals surface area contributed by atoms with Crippen molar-refractivity contribution in [2.75, 3.05) is 5.32 Å². The lowest BCUT2D eigenvalue weighted by atomic mass is 10.3. The summed E-state index contributed by atoms with van der Waals surface area (Å²) in [6, 6.07) is 11.7. The van der Waals surface area contributed by atoms with Gasteiger partial charge in [0, 0.05) is 24.1 Å². The summed E-state index contributed by atoms with van der Waals surface area (Å²) in [6.07, 6.45) is 3.36. The van der Waals surface area contributed by atoms with Crippen LogP contribution in [0.1, 0.15) is 0 Å². The minimum Gasteiger partial charge on any atom is -0.323 e. The van der Waals surface area contributed by atoms with Crippen molar-refractivity contribution in [2.24, 2.45) is 0 Å². The van der Waals surface area contributed by atoms with Crippen molar-refractivity contribution in [3.63, 3.8) is 0 Å². The molecule has 0 unspecified atom stereocenters. The van der Waals surface area contributed by atoms with Gasteiger partial charge in [-0.25, -0.2) is 13.8 Å². The van der Waals surface area contributed by atoms with Crippen molar-refractivity contribution < 1.29 is 8.78 Å². The summed E-state index contributed by atoms with van der Waals surface area (Å²) in [5.74, 6) is -0.888. The molecular weight excluding hydrogens is 340 g/mol. The van der Waals surface area contributed by atoms with E-state index in [-0.39, 0.29) is 10.2 Å². The highest BCUT2D eigenvalue weighted by molar-refractivity contribution is 9.10. The lowest BCUT2D eigenvalue weighted by Gasteiger charge is -2.11. The Morgan fingerprint density at radius 2 is 1.81 bits per heavy atom. The van der Waals surface area contributed by atoms with Crippen LogP contribution in [0.2, 0.25) is 0 Å².